The molecule has 0 spiro atoms. The smallest absolute Gasteiger partial charge is 0.277 e. The van der Waals surface area contributed by atoms with Crippen LogP contribution in [0.4, 0.5) is 5.69 Å². The van der Waals surface area contributed by atoms with E-state index < -0.39 is 15.9 Å². The van der Waals surface area contributed by atoms with Gasteiger partial charge in [-0.1, -0.05) is 35.4 Å². The molecule has 0 atom stereocenters. The highest BCUT2D eigenvalue weighted by Gasteiger charge is 2.21. The minimum atomic E-state index is -3.82. The summed E-state index contributed by atoms with van der Waals surface area (Å²) in [6, 6.07) is 14.7. The first-order valence-corrected chi connectivity index (χ1v) is 9.13. The molecule has 0 bridgehead atoms. The molecule has 2 aromatic rings. The summed E-state index contributed by atoms with van der Waals surface area (Å²) in [4.78, 5) is 15.3. The van der Waals surface area contributed by atoms with E-state index in [0.29, 0.717) is 18.5 Å². The second-order valence-electron chi connectivity index (χ2n) is 5.31. The van der Waals surface area contributed by atoms with Crippen LogP contribution in [0.1, 0.15) is 18.4 Å². The summed E-state index contributed by atoms with van der Waals surface area (Å²) in [5.74, 6) is 9.99. The normalized spacial score (nSPS) is 11.5. The fraction of sp³-hybridized carbons (Fsp3) is 0.188. The van der Waals surface area contributed by atoms with Crippen molar-refractivity contribution >= 4 is 21.6 Å². The number of sulfonamides is 1. The lowest BCUT2D eigenvalue weighted by atomic mass is 10.1. The first-order valence-electron chi connectivity index (χ1n) is 7.69. The lowest BCUT2D eigenvalue weighted by Crippen LogP contribution is -2.37. The highest BCUT2D eigenvalue weighted by atomic mass is 32.2. The predicted molar refractivity (Wildman–Crippen MR) is 94.8 cm³/mol. The largest absolute Gasteiger partial charge is 0.282 e. The zero-order valence-corrected chi connectivity index (χ0v) is 14.7. The minimum absolute atomic E-state index is 0.112. The van der Waals surface area contributed by atoms with Crippen molar-refractivity contribution < 1.29 is 18.2 Å². The molecule has 2 aromatic carbocycles. The summed E-state index contributed by atoms with van der Waals surface area (Å²) in [6.07, 6.45) is 1.36. The number of nitrogens with zero attached hydrogens (tertiary/aromatic N) is 3. The van der Waals surface area contributed by atoms with E-state index in [4.69, 9.17) is 5.84 Å². The van der Waals surface area contributed by atoms with E-state index in [1.165, 1.54) is 12.1 Å². The molecule has 0 unspecified atom stereocenters. The fourth-order valence-corrected chi connectivity index (χ4v) is 3.34. The van der Waals surface area contributed by atoms with Crippen LogP contribution in [0, 0.1) is 0 Å². The first-order chi connectivity index (χ1) is 12.4. The Morgan fingerprint density at radius 2 is 1.73 bits per heavy atom. The molecule has 9 nitrogen and oxygen atoms in total. The maximum atomic E-state index is 12.5. The van der Waals surface area contributed by atoms with Crippen LogP contribution in [0.15, 0.2) is 69.9 Å². The molecular formula is C16H19N5O4S. The van der Waals surface area contributed by atoms with Crippen molar-refractivity contribution in [3.63, 3.8) is 0 Å². The molecule has 138 valence electrons. The molecule has 2 rings (SSSR count). The van der Waals surface area contributed by atoms with Gasteiger partial charge in [-0.15, -0.1) is 5.90 Å². The lowest BCUT2D eigenvalue weighted by Gasteiger charge is -2.19. The predicted octanol–water partition coefficient (Wildman–Crippen LogP) is 1.86. The average Bonchev–Trinajstić information content (AvgIpc) is 2.67. The number of benzene rings is 2. The molecule has 0 aliphatic carbocycles. The van der Waals surface area contributed by atoms with Crippen molar-refractivity contribution in [2.75, 3.05) is 4.41 Å². The van der Waals surface area contributed by atoms with Crippen molar-refractivity contribution in [2.24, 2.45) is 22.1 Å². The Morgan fingerprint density at radius 1 is 1.08 bits per heavy atom. The monoisotopic (exact) mass is 377 g/mol. The van der Waals surface area contributed by atoms with Crippen LogP contribution in [-0.2, 0) is 26.2 Å². The van der Waals surface area contributed by atoms with E-state index in [0.717, 1.165) is 9.98 Å². The number of anilines is 1. The molecule has 0 aliphatic heterocycles. The molecule has 4 N–H and O–H groups in total. The van der Waals surface area contributed by atoms with Gasteiger partial charge in [-0.2, -0.15) is 8.42 Å². The summed E-state index contributed by atoms with van der Waals surface area (Å²) >= 11 is 0. The van der Waals surface area contributed by atoms with Gasteiger partial charge >= 0.3 is 0 Å². The molecule has 0 saturated heterocycles. The Kier molecular flexibility index (Phi) is 6.78. The number of carbonyl (C=O) groups excluding carboxylic acids is 1. The number of amides is 1. The third kappa shape index (κ3) is 5.09. The summed E-state index contributed by atoms with van der Waals surface area (Å²) in [5.41, 5.74) is 1.27. The Labute approximate surface area is 151 Å². The minimum Gasteiger partial charge on any atom is -0.282 e. The molecule has 0 radical (unpaired) electrons. The quantitative estimate of drug-likeness (QED) is 0.409. The third-order valence-electron chi connectivity index (χ3n) is 3.55. The van der Waals surface area contributed by atoms with Gasteiger partial charge in [-0.3, -0.25) is 9.73 Å². The van der Waals surface area contributed by atoms with Gasteiger partial charge < -0.3 is 0 Å². The number of carbonyl (C=O) groups is 1. The van der Waals surface area contributed by atoms with E-state index in [1.54, 1.807) is 42.5 Å². The summed E-state index contributed by atoms with van der Waals surface area (Å²) in [7, 11) is -3.82. The lowest BCUT2D eigenvalue weighted by molar-refractivity contribution is -0.119. The van der Waals surface area contributed by atoms with Gasteiger partial charge in [0.15, 0.2) is 0 Å². The van der Waals surface area contributed by atoms with Gasteiger partial charge in [0.25, 0.3) is 15.9 Å². The molecule has 0 fully saturated rings. The van der Waals surface area contributed by atoms with Gasteiger partial charge in [0, 0.05) is 6.42 Å². The molecule has 1 amide bonds. The van der Waals surface area contributed by atoms with Gasteiger partial charge in [-0.05, 0) is 42.7 Å². The van der Waals surface area contributed by atoms with Gasteiger partial charge in [0.1, 0.15) is 0 Å². The molecule has 0 aliphatic rings. The van der Waals surface area contributed by atoms with Crippen molar-refractivity contribution in [3.8, 4) is 0 Å². The van der Waals surface area contributed by atoms with Crippen molar-refractivity contribution in [3.05, 3.63) is 60.2 Å². The second kappa shape index (κ2) is 9.04. The van der Waals surface area contributed by atoms with E-state index in [2.05, 4.69) is 21.2 Å². The number of nitrogens with two attached hydrogens (primary N) is 2. The topological polar surface area (TPSA) is 140 Å². The Balaban J connectivity index is 1.98. The molecule has 26 heavy (non-hydrogen) atoms. The first kappa shape index (κ1) is 19.5. The van der Waals surface area contributed by atoms with Crippen LogP contribution in [0.25, 0.3) is 0 Å². The highest BCUT2D eigenvalue weighted by Crippen LogP contribution is 2.21. The van der Waals surface area contributed by atoms with Gasteiger partial charge in [-0.25, -0.2) is 10.3 Å². The molecule has 0 aromatic heterocycles. The number of hydrogen-bond donors (Lipinski definition) is 2. The molecule has 0 saturated carbocycles. The maximum Gasteiger partial charge on any atom is 0.277 e. The Bertz CT molecular complexity index is 854. The standard InChI is InChI=1S/C16H19N5O4S/c17-21(26(23,24)15-6-2-1-3-7-15)14-11-9-13(10-12-14)5-4-8-16(22)19-20-25-18/h1-3,6-7,9-12H,4-5,8,17-18H2. The molecule has 0 heterocycles. The Morgan fingerprint density at radius 3 is 2.35 bits per heavy atom. The number of hydrazine groups is 1. The van der Waals surface area contributed by atoms with Crippen molar-refractivity contribution in [1.29, 1.82) is 0 Å². The van der Waals surface area contributed by atoms with E-state index in [-0.39, 0.29) is 11.3 Å². The molecular weight excluding hydrogens is 358 g/mol. The number of hydrogen-bond acceptors (Lipinski definition) is 7. The second-order valence-corrected chi connectivity index (χ2v) is 7.13. The van der Waals surface area contributed by atoms with Crippen molar-refractivity contribution in [2.45, 2.75) is 24.2 Å². The van der Waals surface area contributed by atoms with Crippen LogP contribution < -0.4 is 16.2 Å². The summed E-state index contributed by atoms with van der Waals surface area (Å²) in [6.45, 7) is 0. The van der Waals surface area contributed by atoms with E-state index in [9.17, 15) is 13.2 Å². The zero-order chi connectivity index (χ0) is 19.0. The van der Waals surface area contributed by atoms with Gasteiger partial charge in [0.05, 0.1) is 15.9 Å². The Hall–Kier alpha value is -2.82. The van der Waals surface area contributed by atoms with Crippen LogP contribution in [0.5, 0.6) is 0 Å². The van der Waals surface area contributed by atoms with Crippen molar-refractivity contribution in [1.82, 2.24) is 0 Å². The third-order valence-corrected chi connectivity index (χ3v) is 5.14. The number of aryl methyl sites for hydroxylation is 1. The fourth-order valence-electron chi connectivity index (χ4n) is 2.22. The van der Waals surface area contributed by atoms with Crippen LogP contribution in [0.2, 0.25) is 0 Å². The number of rotatable bonds is 8. The summed E-state index contributed by atoms with van der Waals surface area (Å²) in [5, 5.41) is 6.17. The van der Waals surface area contributed by atoms with E-state index >= 15 is 0 Å². The van der Waals surface area contributed by atoms with Crippen LogP contribution >= 0.6 is 0 Å². The van der Waals surface area contributed by atoms with Crippen LogP contribution in [0.3, 0.4) is 0 Å². The van der Waals surface area contributed by atoms with Crippen LogP contribution in [-0.4, -0.2) is 14.3 Å². The SMILES string of the molecule is NON=NC(=O)CCCc1ccc(N(N)S(=O)(=O)c2ccccc2)cc1. The zero-order valence-electron chi connectivity index (χ0n) is 13.9. The average molecular weight is 377 g/mol. The highest BCUT2D eigenvalue weighted by molar-refractivity contribution is 7.92. The van der Waals surface area contributed by atoms with Gasteiger partial charge in [0.2, 0.25) is 0 Å². The molecule has 10 heteroatoms. The maximum absolute atomic E-state index is 12.5. The summed E-state index contributed by atoms with van der Waals surface area (Å²) < 4.78 is 25.7. The van der Waals surface area contributed by atoms with E-state index in [1.807, 2.05) is 0 Å².